The first-order valence-electron chi connectivity index (χ1n) is 6.51. The van der Waals surface area contributed by atoms with E-state index in [1.54, 1.807) is 12.1 Å². The summed E-state index contributed by atoms with van der Waals surface area (Å²) in [5.74, 6) is 0.465. The van der Waals surface area contributed by atoms with E-state index in [9.17, 15) is 4.79 Å². The Bertz CT molecular complexity index is 671. The number of halogens is 1. The van der Waals surface area contributed by atoms with Crippen molar-refractivity contribution in [1.29, 1.82) is 0 Å². The number of ether oxygens (including phenoxy) is 1. The number of benzene rings is 2. The molecule has 2 aromatic carbocycles. The molecule has 4 nitrogen and oxygen atoms in total. The molecule has 0 saturated heterocycles. The van der Waals surface area contributed by atoms with Gasteiger partial charge in [0.15, 0.2) is 6.61 Å². The monoisotopic (exact) mass is 348 g/mol. The maximum absolute atomic E-state index is 12.0. The van der Waals surface area contributed by atoms with Crippen LogP contribution in [0.15, 0.2) is 40.9 Å². The fourth-order valence-electron chi connectivity index (χ4n) is 1.85. The van der Waals surface area contributed by atoms with E-state index in [-0.39, 0.29) is 12.5 Å². The second-order valence-electron chi connectivity index (χ2n) is 4.77. The van der Waals surface area contributed by atoms with Crippen molar-refractivity contribution >= 4 is 33.2 Å². The molecule has 0 heterocycles. The molecule has 21 heavy (non-hydrogen) atoms. The Balaban J connectivity index is 1.99. The van der Waals surface area contributed by atoms with Crippen molar-refractivity contribution in [3.63, 3.8) is 0 Å². The maximum Gasteiger partial charge on any atom is 0.262 e. The van der Waals surface area contributed by atoms with Crippen LogP contribution in [0.3, 0.4) is 0 Å². The highest BCUT2D eigenvalue weighted by Crippen LogP contribution is 2.23. The third-order valence-corrected chi connectivity index (χ3v) is 3.65. The SMILES string of the molecule is Cc1ccc(Br)cc1OCC(=O)Nc1cccc(N)c1C. The zero-order chi connectivity index (χ0) is 15.4. The summed E-state index contributed by atoms with van der Waals surface area (Å²) in [5, 5.41) is 2.80. The molecule has 2 aromatic rings. The third-order valence-electron chi connectivity index (χ3n) is 3.16. The lowest BCUT2D eigenvalue weighted by atomic mass is 10.1. The molecular formula is C16H17BrN2O2. The van der Waals surface area contributed by atoms with Gasteiger partial charge in [0.05, 0.1) is 0 Å². The molecule has 0 aliphatic heterocycles. The van der Waals surface area contributed by atoms with Crippen LogP contribution in [0.5, 0.6) is 5.75 Å². The van der Waals surface area contributed by atoms with Crippen molar-refractivity contribution in [2.75, 3.05) is 17.7 Å². The number of nitrogens with one attached hydrogen (secondary N) is 1. The van der Waals surface area contributed by atoms with E-state index in [4.69, 9.17) is 10.5 Å². The Morgan fingerprint density at radius 1 is 1.29 bits per heavy atom. The second kappa shape index (κ2) is 6.63. The quantitative estimate of drug-likeness (QED) is 0.828. The number of amides is 1. The molecule has 0 atom stereocenters. The van der Waals surface area contributed by atoms with Crippen LogP contribution in [0.2, 0.25) is 0 Å². The number of carbonyl (C=O) groups is 1. The van der Waals surface area contributed by atoms with E-state index in [0.29, 0.717) is 17.1 Å². The Morgan fingerprint density at radius 2 is 2.05 bits per heavy atom. The average molecular weight is 349 g/mol. The van der Waals surface area contributed by atoms with Crippen molar-refractivity contribution in [3.05, 3.63) is 52.0 Å². The molecule has 0 unspecified atom stereocenters. The lowest BCUT2D eigenvalue weighted by Gasteiger charge is -2.12. The Kier molecular flexibility index (Phi) is 4.85. The van der Waals surface area contributed by atoms with Gasteiger partial charge in [-0.2, -0.15) is 0 Å². The molecule has 1 amide bonds. The normalized spacial score (nSPS) is 10.2. The molecule has 2 rings (SSSR count). The summed E-state index contributed by atoms with van der Waals surface area (Å²) in [5.41, 5.74) is 8.99. The molecule has 110 valence electrons. The smallest absolute Gasteiger partial charge is 0.262 e. The first-order chi connectivity index (χ1) is 9.97. The van der Waals surface area contributed by atoms with Crippen LogP contribution >= 0.6 is 15.9 Å². The molecule has 0 saturated carbocycles. The van der Waals surface area contributed by atoms with E-state index in [0.717, 1.165) is 15.6 Å². The Labute approximate surface area is 132 Å². The molecule has 0 aliphatic carbocycles. The third kappa shape index (κ3) is 3.98. The average Bonchev–Trinajstić information content (AvgIpc) is 2.45. The fourth-order valence-corrected chi connectivity index (χ4v) is 2.19. The predicted molar refractivity (Wildman–Crippen MR) is 88.6 cm³/mol. The molecule has 0 aliphatic rings. The van der Waals surface area contributed by atoms with Crippen molar-refractivity contribution in [3.8, 4) is 5.75 Å². The summed E-state index contributed by atoms with van der Waals surface area (Å²) in [6.07, 6.45) is 0. The van der Waals surface area contributed by atoms with E-state index in [1.807, 2.05) is 38.1 Å². The minimum atomic E-state index is -0.219. The van der Waals surface area contributed by atoms with Gasteiger partial charge in [-0.25, -0.2) is 0 Å². The highest BCUT2D eigenvalue weighted by atomic mass is 79.9. The molecule has 0 fully saturated rings. The van der Waals surface area contributed by atoms with Gasteiger partial charge in [-0.3, -0.25) is 4.79 Å². The minimum Gasteiger partial charge on any atom is -0.483 e. The van der Waals surface area contributed by atoms with Crippen molar-refractivity contribution in [2.24, 2.45) is 0 Å². The number of rotatable bonds is 4. The lowest BCUT2D eigenvalue weighted by molar-refractivity contribution is -0.118. The van der Waals surface area contributed by atoms with Crippen molar-refractivity contribution < 1.29 is 9.53 Å². The number of aryl methyl sites for hydroxylation is 1. The minimum absolute atomic E-state index is 0.0501. The number of hydrogen-bond acceptors (Lipinski definition) is 3. The highest BCUT2D eigenvalue weighted by Gasteiger charge is 2.08. The van der Waals surface area contributed by atoms with E-state index < -0.39 is 0 Å². The van der Waals surface area contributed by atoms with Crippen LogP contribution in [0, 0.1) is 13.8 Å². The number of nitrogens with two attached hydrogens (primary N) is 1. The molecule has 0 aromatic heterocycles. The number of anilines is 2. The lowest BCUT2D eigenvalue weighted by Crippen LogP contribution is -2.21. The topological polar surface area (TPSA) is 64.3 Å². The first-order valence-corrected chi connectivity index (χ1v) is 7.30. The van der Waals surface area contributed by atoms with Gasteiger partial charge in [0.1, 0.15) is 5.75 Å². The molecule has 3 N–H and O–H groups in total. The van der Waals surface area contributed by atoms with E-state index in [2.05, 4.69) is 21.2 Å². The summed E-state index contributed by atoms with van der Waals surface area (Å²) in [4.78, 5) is 12.0. The summed E-state index contributed by atoms with van der Waals surface area (Å²) < 4.78 is 6.46. The predicted octanol–water partition coefficient (Wildman–Crippen LogP) is 3.67. The zero-order valence-corrected chi connectivity index (χ0v) is 13.5. The summed E-state index contributed by atoms with van der Waals surface area (Å²) >= 11 is 3.38. The highest BCUT2D eigenvalue weighted by molar-refractivity contribution is 9.10. The van der Waals surface area contributed by atoms with Crippen LogP contribution < -0.4 is 15.8 Å². The number of carbonyl (C=O) groups excluding carboxylic acids is 1. The summed E-state index contributed by atoms with van der Waals surface area (Å²) in [7, 11) is 0. The van der Waals surface area contributed by atoms with Crippen LogP contribution in [0.25, 0.3) is 0 Å². The maximum atomic E-state index is 12.0. The Morgan fingerprint density at radius 3 is 2.81 bits per heavy atom. The van der Waals surface area contributed by atoms with Gasteiger partial charge in [0, 0.05) is 15.8 Å². The zero-order valence-electron chi connectivity index (χ0n) is 11.9. The standard InChI is InChI=1S/C16H17BrN2O2/c1-10-6-7-12(17)8-15(10)21-9-16(20)19-14-5-3-4-13(18)11(14)2/h3-8H,9,18H2,1-2H3,(H,19,20). The molecule has 0 radical (unpaired) electrons. The number of hydrogen-bond donors (Lipinski definition) is 2. The molecule has 0 spiro atoms. The van der Waals surface area contributed by atoms with Crippen LogP contribution in [-0.4, -0.2) is 12.5 Å². The first kappa shape index (κ1) is 15.4. The van der Waals surface area contributed by atoms with E-state index in [1.165, 1.54) is 0 Å². The summed E-state index contributed by atoms with van der Waals surface area (Å²) in [6, 6.07) is 11.1. The van der Waals surface area contributed by atoms with Gasteiger partial charge in [0.2, 0.25) is 0 Å². The van der Waals surface area contributed by atoms with Gasteiger partial charge in [-0.1, -0.05) is 28.1 Å². The van der Waals surface area contributed by atoms with Crippen molar-refractivity contribution in [1.82, 2.24) is 0 Å². The van der Waals surface area contributed by atoms with Gasteiger partial charge >= 0.3 is 0 Å². The molecule has 0 bridgehead atoms. The van der Waals surface area contributed by atoms with Gasteiger partial charge in [-0.15, -0.1) is 0 Å². The van der Waals surface area contributed by atoms with Crippen LogP contribution in [-0.2, 0) is 4.79 Å². The molecule has 5 heteroatoms. The summed E-state index contributed by atoms with van der Waals surface area (Å²) in [6.45, 7) is 3.75. The van der Waals surface area contributed by atoms with Gasteiger partial charge < -0.3 is 15.8 Å². The largest absolute Gasteiger partial charge is 0.483 e. The fraction of sp³-hybridized carbons (Fsp3) is 0.188. The Hall–Kier alpha value is -2.01. The van der Waals surface area contributed by atoms with Crippen LogP contribution in [0.1, 0.15) is 11.1 Å². The van der Waals surface area contributed by atoms with Crippen LogP contribution in [0.4, 0.5) is 11.4 Å². The van der Waals surface area contributed by atoms with Gasteiger partial charge in [0.25, 0.3) is 5.91 Å². The van der Waals surface area contributed by atoms with Crippen molar-refractivity contribution in [2.45, 2.75) is 13.8 Å². The van der Waals surface area contributed by atoms with E-state index >= 15 is 0 Å². The van der Waals surface area contributed by atoms with Gasteiger partial charge in [-0.05, 0) is 49.2 Å². The number of nitrogen functional groups attached to an aromatic ring is 1. The molecular weight excluding hydrogens is 332 g/mol. The second-order valence-corrected chi connectivity index (χ2v) is 5.68.